The molecule has 0 aliphatic carbocycles. The number of aromatic nitrogens is 3. The number of pyridine rings is 1. The predicted molar refractivity (Wildman–Crippen MR) is 106 cm³/mol. The molecule has 180 valence electrons. The number of hydrogen-bond acceptors (Lipinski definition) is 6. The number of ether oxygens (including phenoxy) is 2. The summed E-state index contributed by atoms with van der Waals surface area (Å²) in [6.45, 7) is -1.39. The first kappa shape index (κ1) is 26.2. The molecular formula is C19H17ClF6N4O3. The lowest BCUT2D eigenvalue weighted by molar-refractivity contribution is -0.154. The van der Waals surface area contributed by atoms with Gasteiger partial charge >= 0.3 is 12.4 Å². The van der Waals surface area contributed by atoms with E-state index in [9.17, 15) is 31.1 Å². The van der Waals surface area contributed by atoms with Crippen molar-refractivity contribution in [3.63, 3.8) is 0 Å². The number of anilines is 1. The molecular weight excluding hydrogens is 482 g/mol. The van der Waals surface area contributed by atoms with Crippen LogP contribution in [-0.2, 0) is 4.79 Å². The molecule has 2 aromatic rings. The van der Waals surface area contributed by atoms with Gasteiger partial charge in [0.25, 0.3) is 5.91 Å². The van der Waals surface area contributed by atoms with Crippen LogP contribution in [0.4, 0.5) is 32.2 Å². The maximum Gasteiger partial charge on any atom is 0.422 e. The summed E-state index contributed by atoms with van der Waals surface area (Å²) in [7, 11) is 0. The van der Waals surface area contributed by atoms with E-state index in [2.05, 4.69) is 24.4 Å². The highest BCUT2D eigenvalue weighted by Crippen LogP contribution is 2.23. The van der Waals surface area contributed by atoms with Crippen LogP contribution in [0.3, 0.4) is 0 Å². The van der Waals surface area contributed by atoms with Crippen LogP contribution in [0, 0.1) is 0 Å². The van der Waals surface area contributed by atoms with E-state index in [1.807, 2.05) is 6.92 Å². The minimum Gasteiger partial charge on any atom is -0.468 e. The van der Waals surface area contributed by atoms with Crippen molar-refractivity contribution >= 4 is 29.4 Å². The van der Waals surface area contributed by atoms with Crippen molar-refractivity contribution in [3.05, 3.63) is 41.3 Å². The molecule has 14 heteroatoms. The SMILES string of the molecule is CCCN(C(=O)/C=C\c1nc(OCC(F)(F)F)cc(OCC(F)(F)F)n1)c1ccc(Cl)cn1. The van der Waals surface area contributed by atoms with Gasteiger partial charge in [-0.15, -0.1) is 0 Å². The number of alkyl halides is 6. The molecule has 0 aliphatic rings. The maximum absolute atomic E-state index is 12.6. The Hall–Kier alpha value is -3.09. The van der Waals surface area contributed by atoms with Gasteiger partial charge < -0.3 is 9.47 Å². The van der Waals surface area contributed by atoms with Crippen molar-refractivity contribution < 1.29 is 40.6 Å². The van der Waals surface area contributed by atoms with Gasteiger partial charge in [-0.25, -0.2) is 4.98 Å². The van der Waals surface area contributed by atoms with Crippen molar-refractivity contribution in [1.29, 1.82) is 0 Å². The van der Waals surface area contributed by atoms with Crippen LogP contribution in [-0.4, -0.2) is 53.0 Å². The van der Waals surface area contributed by atoms with Crippen LogP contribution in [0.5, 0.6) is 11.8 Å². The molecule has 7 nitrogen and oxygen atoms in total. The summed E-state index contributed by atoms with van der Waals surface area (Å²) in [6, 6.07) is 3.71. The number of amides is 1. The van der Waals surface area contributed by atoms with E-state index in [1.165, 1.54) is 23.2 Å². The Morgan fingerprint density at radius 1 is 1.06 bits per heavy atom. The van der Waals surface area contributed by atoms with E-state index in [0.717, 1.165) is 12.2 Å². The van der Waals surface area contributed by atoms with E-state index in [0.29, 0.717) is 17.5 Å². The quantitative estimate of drug-likeness (QED) is 0.363. The van der Waals surface area contributed by atoms with Gasteiger partial charge in [0.05, 0.1) is 11.1 Å². The van der Waals surface area contributed by atoms with Crippen LogP contribution in [0.15, 0.2) is 30.5 Å². The molecule has 0 aromatic carbocycles. The van der Waals surface area contributed by atoms with Crippen LogP contribution in [0.1, 0.15) is 19.2 Å². The van der Waals surface area contributed by atoms with E-state index < -0.39 is 49.1 Å². The van der Waals surface area contributed by atoms with Crippen molar-refractivity contribution in [3.8, 4) is 11.8 Å². The Morgan fingerprint density at radius 2 is 1.64 bits per heavy atom. The first-order valence-corrected chi connectivity index (χ1v) is 9.63. The molecule has 0 atom stereocenters. The van der Waals surface area contributed by atoms with Gasteiger partial charge in [-0.1, -0.05) is 18.5 Å². The van der Waals surface area contributed by atoms with Crippen molar-refractivity contribution in [2.45, 2.75) is 25.7 Å². The third kappa shape index (κ3) is 9.51. The van der Waals surface area contributed by atoms with E-state index >= 15 is 0 Å². The minimum absolute atomic E-state index is 0.271. The minimum atomic E-state index is -4.71. The Bertz CT molecular complexity index is 931. The molecule has 0 aliphatic heterocycles. The van der Waals surface area contributed by atoms with E-state index in [1.54, 1.807) is 0 Å². The maximum atomic E-state index is 12.6. The zero-order chi connectivity index (χ0) is 24.6. The summed E-state index contributed by atoms with van der Waals surface area (Å²) in [5.41, 5.74) is 0. The second kappa shape index (κ2) is 11.2. The highest BCUT2D eigenvalue weighted by Gasteiger charge is 2.30. The molecule has 0 spiro atoms. The summed E-state index contributed by atoms with van der Waals surface area (Å²) in [6.07, 6.45) is -5.53. The third-order valence-electron chi connectivity index (χ3n) is 3.54. The van der Waals surface area contributed by atoms with Crippen LogP contribution in [0.25, 0.3) is 6.08 Å². The number of carbonyl (C=O) groups is 1. The lowest BCUT2D eigenvalue weighted by Crippen LogP contribution is -2.30. The zero-order valence-electron chi connectivity index (χ0n) is 17.0. The van der Waals surface area contributed by atoms with Crippen LogP contribution >= 0.6 is 11.6 Å². The van der Waals surface area contributed by atoms with Crippen LogP contribution < -0.4 is 14.4 Å². The second-order valence-electron chi connectivity index (χ2n) is 6.37. The van der Waals surface area contributed by atoms with Gasteiger partial charge in [0.2, 0.25) is 11.8 Å². The number of halogens is 7. The lowest BCUT2D eigenvalue weighted by Gasteiger charge is -2.19. The second-order valence-corrected chi connectivity index (χ2v) is 6.80. The van der Waals surface area contributed by atoms with Crippen LogP contribution in [0.2, 0.25) is 5.02 Å². The zero-order valence-corrected chi connectivity index (χ0v) is 17.7. The molecule has 2 heterocycles. The van der Waals surface area contributed by atoms with E-state index in [-0.39, 0.29) is 12.4 Å². The molecule has 0 saturated heterocycles. The van der Waals surface area contributed by atoms with Gasteiger partial charge in [-0.05, 0) is 24.6 Å². The molecule has 0 bridgehead atoms. The standard InChI is InChI=1S/C19H17ClF6N4O3/c1-2-7-30(14-5-3-12(20)9-27-14)17(31)6-4-13-28-15(32-10-18(21,22)23)8-16(29-13)33-11-19(24,25)26/h3-6,8-9H,2,7,10-11H2,1H3/b6-4-. The molecule has 0 N–H and O–H groups in total. The fraction of sp³-hybridized carbons (Fsp3) is 0.368. The molecule has 2 aromatic heterocycles. The predicted octanol–water partition coefficient (Wildman–Crippen LogP) is 4.86. The van der Waals surface area contributed by atoms with Crippen molar-refractivity contribution in [2.75, 3.05) is 24.7 Å². The third-order valence-corrected chi connectivity index (χ3v) is 3.76. The molecule has 0 radical (unpaired) electrons. The normalized spacial score (nSPS) is 12.1. The number of carbonyl (C=O) groups excluding carboxylic acids is 1. The topological polar surface area (TPSA) is 77.4 Å². The largest absolute Gasteiger partial charge is 0.468 e. The van der Waals surface area contributed by atoms with Crippen molar-refractivity contribution in [2.24, 2.45) is 0 Å². The van der Waals surface area contributed by atoms with Crippen molar-refractivity contribution in [1.82, 2.24) is 15.0 Å². The molecule has 33 heavy (non-hydrogen) atoms. The lowest BCUT2D eigenvalue weighted by atomic mass is 10.3. The Kier molecular flexibility index (Phi) is 8.85. The Labute approximate surface area is 189 Å². The first-order valence-electron chi connectivity index (χ1n) is 9.25. The average molecular weight is 499 g/mol. The average Bonchev–Trinajstić information content (AvgIpc) is 2.73. The number of rotatable bonds is 9. The molecule has 0 fully saturated rings. The van der Waals surface area contributed by atoms with E-state index in [4.69, 9.17) is 11.6 Å². The Morgan fingerprint density at radius 3 is 2.09 bits per heavy atom. The highest BCUT2D eigenvalue weighted by molar-refractivity contribution is 6.30. The summed E-state index contributed by atoms with van der Waals surface area (Å²) < 4.78 is 83.5. The fourth-order valence-corrected chi connectivity index (χ4v) is 2.39. The fourth-order valence-electron chi connectivity index (χ4n) is 2.28. The highest BCUT2D eigenvalue weighted by atomic mass is 35.5. The van der Waals surface area contributed by atoms with Gasteiger partial charge in [0, 0.05) is 18.8 Å². The summed E-state index contributed by atoms with van der Waals surface area (Å²) in [5, 5.41) is 0.355. The van der Waals surface area contributed by atoms with Gasteiger partial charge in [0.1, 0.15) is 5.82 Å². The first-order chi connectivity index (χ1) is 15.4. The molecule has 0 saturated carbocycles. The molecule has 1 amide bonds. The monoisotopic (exact) mass is 498 g/mol. The van der Waals surface area contributed by atoms with Gasteiger partial charge in [-0.3, -0.25) is 9.69 Å². The molecule has 0 unspecified atom stereocenters. The summed E-state index contributed by atoms with van der Waals surface area (Å²) >= 11 is 5.79. The summed E-state index contributed by atoms with van der Waals surface area (Å²) in [5.74, 6) is -2.07. The summed E-state index contributed by atoms with van der Waals surface area (Å²) in [4.78, 5) is 25.3. The van der Waals surface area contributed by atoms with Gasteiger partial charge in [-0.2, -0.15) is 36.3 Å². The smallest absolute Gasteiger partial charge is 0.422 e. The Balaban J connectivity index is 2.27. The number of nitrogens with zero attached hydrogens (tertiary/aromatic N) is 4. The van der Waals surface area contributed by atoms with Gasteiger partial charge in [0.15, 0.2) is 19.0 Å². The number of hydrogen-bond donors (Lipinski definition) is 0. The molecule has 2 rings (SSSR count).